The highest BCUT2D eigenvalue weighted by atomic mass is 16.5. The molecule has 0 unspecified atom stereocenters. The van der Waals surface area contributed by atoms with Crippen LogP contribution in [0.1, 0.15) is 20.7 Å². The summed E-state index contributed by atoms with van der Waals surface area (Å²) in [4.78, 5) is 24.1. The van der Waals surface area contributed by atoms with Crippen molar-refractivity contribution in [2.24, 2.45) is 0 Å². The van der Waals surface area contributed by atoms with E-state index in [1.807, 2.05) is 12.1 Å². The fourth-order valence-corrected chi connectivity index (χ4v) is 2.20. The molecule has 25 heavy (non-hydrogen) atoms. The Labute approximate surface area is 145 Å². The summed E-state index contributed by atoms with van der Waals surface area (Å²) in [5.41, 5.74) is 1.01. The normalized spacial score (nSPS) is 10.1. The third-order valence-electron chi connectivity index (χ3n) is 3.51. The molecule has 3 aromatic rings. The Bertz CT molecular complexity index is 840. The van der Waals surface area contributed by atoms with E-state index in [0.717, 1.165) is 0 Å². The number of hydrogen-bond acceptors (Lipinski definition) is 4. The van der Waals surface area contributed by atoms with Crippen molar-refractivity contribution in [3.8, 4) is 11.5 Å². The summed E-state index contributed by atoms with van der Waals surface area (Å²) in [6.45, 7) is -0.0577. The molecule has 0 heterocycles. The average Bonchev–Trinajstić information content (AvgIpc) is 2.68. The maximum Gasteiger partial charge on any atom is 0.343 e. The highest BCUT2D eigenvalue weighted by Gasteiger charge is 2.10. The smallest absolute Gasteiger partial charge is 0.343 e. The van der Waals surface area contributed by atoms with Gasteiger partial charge in [-0.2, -0.15) is 0 Å². The zero-order chi connectivity index (χ0) is 17.5. The Morgan fingerprint density at radius 1 is 0.640 bits per heavy atom. The zero-order valence-electron chi connectivity index (χ0n) is 13.4. The summed E-state index contributed by atoms with van der Waals surface area (Å²) in [6.07, 6.45) is 0. The zero-order valence-corrected chi connectivity index (χ0v) is 13.4. The largest absolute Gasteiger partial charge is 0.485 e. The molecule has 0 atom stereocenters. The lowest BCUT2D eigenvalue weighted by molar-refractivity contribution is 0.0734. The monoisotopic (exact) mass is 332 g/mol. The van der Waals surface area contributed by atoms with Crippen molar-refractivity contribution in [1.29, 1.82) is 0 Å². The summed E-state index contributed by atoms with van der Waals surface area (Å²) < 4.78 is 10.7. The van der Waals surface area contributed by atoms with Crippen LogP contribution in [0.5, 0.6) is 11.5 Å². The number of ketones is 1. The molecule has 0 spiro atoms. The minimum absolute atomic E-state index is 0.0577. The van der Waals surface area contributed by atoms with E-state index >= 15 is 0 Å². The number of carbonyl (C=O) groups excluding carboxylic acids is 2. The molecule has 0 aliphatic rings. The molecule has 124 valence electrons. The van der Waals surface area contributed by atoms with Crippen molar-refractivity contribution >= 4 is 11.8 Å². The van der Waals surface area contributed by atoms with Crippen LogP contribution in [0.15, 0.2) is 84.9 Å². The number of carbonyl (C=O) groups is 2. The summed E-state index contributed by atoms with van der Waals surface area (Å²) in [5, 5.41) is 0. The van der Waals surface area contributed by atoms with Crippen LogP contribution in [-0.4, -0.2) is 18.4 Å². The average molecular weight is 332 g/mol. The van der Waals surface area contributed by atoms with Crippen LogP contribution in [0.25, 0.3) is 0 Å². The first-order valence-corrected chi connectivity index (χ1v) is 7.81. The number of para-hydroxylation sites is 1. The van der Waals surface area contributed by atoms with Crippen molar-refractivity contribution in [2.45, 2.75) is 0 Å². The second-order valence-corrected chi connectivity index (χ2v) is 5.30. The van der Waals surface area contributed by atoms with Gasteiger partial charge in [-0.25, -0.2) is 4.79 Å². The Balaban J connectivity index is 1.57. The summed E-state index contributed by atoms with van der Waals surface area (Å²) in [6, 6.07) is 24.3. The lowest BCUT2D eigenvalue weighted by Crippen LogP contribution is -2.12. The van der Waals surface area contributed by atoms with Gasteiger partial charge >= 0.3 is 5.97 Å². The predicted molar refractivity (Wildman–Crippen MR) is 94.1 cm³/mol. The van der Waals surface area contributed by atoms with Crippen molar-refractivity contribution in [3.63, 3.8) is 0 Å². The van der Waals surface area contributed by atoms with E-state index in [0.29, 0.717) is 22.6 Å². The van der Waals surface area contributed by atoms with Gasteiger partial charge in [-0.1, -0.05) is 48.5 Å². The summed E-state index contributed by atoms with van der Waals surface area (Å²) in [7, 11) is 0. The lowest BCUT2D eigenvalue weighted by atomic mass is 10.1. The number of benzene rings is 3. The quantitative estimate of drug-likeness (QED) is 0.386. The SMILES string of the molecule is O=C(COc1ccc(C(=O)Oc2ccccc2)cc1)c1ccccc1. The van der Waals surface area contributed by atoms with Crippen molar-refractivity contribution in [3.05, 3.63) is 96.1 Å². The van der Waals surface area contributed by atoms with Gasteiger partial charge in [-0.15, -0.1) is 0 Å². The highest BCUT2D eigenvalue weighted by Crippen LogP contribution is 2.16. The first-order chi connectivity index (χ1) is 12.2. The summed E-state index contributed by atoms with van der Waals surface area (Å²) >= 11 is 0. The Kier molecular flexibility index (Phi) is 5.22. The van der Waals surface area contributed by atoms with Gasteiger partial charge in [-0.3, -0.25) is 4.79 Å². The van der Waals surface area contributed by atoms with Gasteiger partial charge in [-0.05, 0) is 36.4 Å². The van der Waals surface area contributed by atoms with Gasteiger partial charge in [0.2, 0.25) is 0 Å². The molecule has 0 aliphatic carbocycles. The van der Waals surface area contributed by atoms with Crippen LogP contribution in [-0.2, 0) is 0 Å². The van der Waals surface area contributed by atoms with Crippen LogP contribution in [0.4, 0.5) is 0 Å². The third kappa shape index (κ3) is 4.54. The topological polar surface area (TPSA) is 52.6 Å². The fourth-order valence-electron chi connectivity index (χ4n) is 2.20. The van der Waals surface area contributed by atoms with Gasteiger partial charge in [0.15, 0.2) is 12.4 Å². The Morgan fingerprint density at radius 3 is 1.88 bits per heavy atom. The Hall–Kier alpha value is -3.40. The predicted octanol–water partition coefficient (Wildman–Crippen LogP) is 4.17. The third-order valence-corrected chi connectivity index (χ3v) is 3.51. The van der Waals surface area contributed by atoms with E-state index in [2.05, 4.69) is 0 Å². The van der Waals surface area contributed by atoms with E-state index < -0.39 is 5.97 Å². The maximum absolute atomic E-state index is 12.1. The maximum atomic E-state index is 12.1. The van der Waals surface area contributed by atoms with Crippen LogP contribution < -0.4 is 9.47 Å². The molecule has 0 fully saturated rings. The number of esters is 1. The van der Waals surface area contributed by atoms with Crippen LogP contribution >= 0.6 is 0 Å². The molecule has 0 saturated heterocycles. The Morgan fingerprint density at radius 2 is 1.24 bits per heavy atom. The molecule has 0 aromatic heterocycles. The number of hydrogen-bond donors (Lipinski definition) is 0. The molecule has 0 aliphatic heterocycles. The molecule has 3 aromatic carbocycles. The summed E-state index contributed by atoms with van der Waals surface area (Å²) in [5.74, 6) is 0.452. The number of Topliss-reactive ketones (excluding diaryl/α,β-unsaturated/α-hetero) is 1. The molecule has 3 rings (SSSR count). The first-order valence-electron chi connectivity index (χ1n) is 7.81. The minimum Gasteiger partial charge on any atom is -0.485 e. The molecule has 0 N–H and O–H groups in total. The van der Waals surface area contributed by atoms with Crippen molar-refractivity contribution < 1.29 is 19.1 Å². The van der Waals surface area contributed by atoms with Crippen molar-refractivity contribution in [1.82, 2.24) is 0 Å². The fraction of sp³-hybridized carbons (Fsp3) is 0.0476. The lowest BCUT2D eigenvalue weighted by Gasteiger charge is -2.07. The molecule has 0 bridgehead atoms. The molecule has 4 heteroatoms. The first kappa shape index (κ1) is 16.5. The van der Waals surface area contributed by atoms with E-state index in [1.54, 1.807) is 72.8 Å². The van der Waals surface area contributed by atoms with E-state index in [4.69, 9.17) is 9.47 Å². The molecular formula is C21H16O4. The van der Waals surface area contributed by atoms with Gasteiger partial charge in [0.1, 0.15) is 11.5 Å². The molecule has 0 amide bonds. The van der Waals surface area contributed by atoms with Crippen LogP contribution in [0, 0.1) is 0 Å². The van der Waals surface area contributed by atoms with Gasteiger partial charge in [0.05, 0.1) is 5.56 Å². The van der Waals surface area contributed by atoms with Gasteiger partial charge in [0, 0.05) is 5.56 Å². The molecule has 4 nitrogen and oxygen atoms in total. The van der Waals surface area contributed by atoms with Gasteiger partial charge in [0.25, 0.3) is 0 Å². The molecular weight excluding hydrogens is 316 g/mol. The second-order valence-electron chi connectivity index (χ2n) is 5.30. The molecule has 0 radical (unpaired) electrons. The number of rotatable bonds is 6. The molecule has 0 saturated carbocycles. The second kappa shape index (κ2) is 7.93. The van der Waals surface area contributed by atoms with E-state index in [-0.39, 0.29) is 12.4 Å². The van der Waals surface area contributed by atoms with E-state index in [9.17, 15) is 9.59 Å². The van der Waals surface area contributed by atoms with Crippen LogP contribution in [0.2, 0.25) is 0 Å². The highest BCUT2D eigenvalue weighted by molar-refractivity contribution is 5.97. The number of ether oxygens (including phenoxy) is 2. The standard InChI is InChI=1S/C21H16O4/c22-20(16-7-3-1-4-8-16)15-24-18-13-11-17(12-14-18)21(23)25-19-9-5-2-6-10-19/h1-14H,15H2. The minimum atomic E-state index is -0.446. The van der Waals surface area contributed by atoms with Crippen molar-refractivity contribution in [2.75, 3.05) is 6.61 Å². The van der Waals surface area contributed by atoms with E-state index in [1.165, 1.54) is 0 Å². The van der Waals surface area contributed by atoms with Gasteiger partial charge < -0.3 is 9.47 Å². The van der Waals surface area contributed by atoms with Crippen LogP contribution in [0.3, 0.4) is 0 Å².